The lowest BCUT2D eigenvalue weighted by Crippen LogP contribution is -2.34. The minimum Gasteiger partial charge on any atom is -0.370 e. The van der Waals surface area contributed by atoms with Gasteiger partial charge < -0.3 is 4.90 Å². The molecule has 17 heavy (non-hydrogen) atoms. The summed E-state index contributed by atoms with van der Waals surface area (Å²) in [5, 5.41) is 0. The second kappa shape index (κ2) is 4.01. The molecule has 92 valence electrons. The number of rotatable bonds is 2. The first-order valence-corrected chi connectivity index (χ1v) is 7.40. The molecule has 1 aromatic carbocycles. The Morgan fingerprint density at radius 1 is 1.35 bits per heavy atom. The molecule has 2 aliphatic rings. The zero-order valence-corrected chi connectivity index (χ0v) is 12.3. The fraction of sp³-hybridized carbons (Fsp3) is 0.600. The summed E-state index contributed by atoms with van der Waals surface area (Å²) in [4.78, 5) is 2.60. The lowest BCUT2D eigenvalue weighted by atomic mass is 9.85. The molecule has 2 heteroatoms. The van der Waals surface area contributed by atoms with Gasteiger partial charge in [0.2, 0.25) is 0 Å². The summed E-state index contributed by atoms with van der Waals surface area (Å²) >= 11 is 3.60. The Balaban J connectivity index is 1.91. The zero-order valence-electron chi connectivity index (χ0n) is 10.7. The third-order valence-electron chi connectivity index (χ3n) is 4.32. The molecule has 3 rings (SSSR count). The average molecular weight is 294 g/mol. The number of nitrogens with zero attached hydrogens (tertiary/aromatic N) is 1. The van der Waals surface area contributed by atoms with Crippen molar-refractivity contribution in [2.24, 2.45) is 5.92 Å². The monoisotopic (exact) mass is 293 g/mol. The molecule has 1 heterocycles. The Morgan fingerprint density at radius 3 is 2.76 bits per heavy atom. The van der Waals surface area contributed by atoms with Gasteiger partial charge in [-0.1, -0.05) is 42.3 Å². The smallest absolute Gasteiger partial charge is 0.0416 e. The highest BCUT2D eigenvalue weighted by Gasteiger charge is 2.36. The van der Waals surface area contributed by atoms with Gasteiger partial charge in [0, 0.05) is 28.7 Å². The molecule has 1 aliphatic carbocycles. The Morgan fingerprint density at radius 2 is 2.12 bits per heavy atom. The highest BCUT2D eigenvalue weighted by atomic mass is 79.9. The second-order valence-corrected chi connectivity index (χ2v) is 7.14. The first-order valence-electron chi connectivity index (χ1n) is 6.61. The molecule has 0 aromatic heterocycles. The molecule has 0 spiro atoms. The maximum absolute atomic E-state index is 3.60. The van der Waals surface area contributed by atoms with Gasteiger partial charge in [0.05, 0.1) is 0 Å². The normalized spacial score (nSPS) is 22.4. The van der Waals surface area contributed by atoms with Gasteiger partial charge in [0.25, 0.3) is 0 Å². The molecule has 1 aromatic rings. The lowest BCUT2D eigenvalue weighted by molar-refractivity contribution is 0.315. The third-order valence-corrected chi connectivity index (χ3v) is 4.81. The van der Waals surface area contributed by atoms with Crippen LogP contribution in [0.25, 0.3) is 0 Å². The molecular weight excluding hydrogens is 274 g/mol. The number of fused-ring (bicyclic) bond motifs is 1. The van der Waals surface area contributed by atoms with Crippen molar-refractivity contribution in [2.75, 3.05) is 18.0 Å². The van der Waals surface area contributed by atoms with Crippen LogP contribution in [-0.4, -0.2) is 13.1 Å². The largest absolute Gasteiger partial charge is 0.370 e. The van der Waals surface area contributed by atoms with Crippen molar-refractivity contribution in [3.8, 4) is 0 Å². The molecular formula is C15H20BrN. The molecule has 0 amide bonds. The van der Waals surface area contributed by atoms with E-state index in [1.165, 1.54) is 48.1 Å². The first kappa shape index (κ1) is 11.6. The molecule has 1 nitrogen and oxygen atoms in total. The van der Waals surface area contributed by atoms with E-state index in [1.807, 2.05) is 0 Å². The summed E-state index contributed by atoms with van der Waals surface area (Å²) < 4.78 is 1.20. The summed E-state index contributed by atoms with van der Waals surface area (Å²) in [6.45, 7) is 7.16. The Kier molecular flexibility index (Phi) is 2.73. The van der Waals surface area contributed by atoms with Crippen molar-refractivity contribution < 1.29 is 0 Å². The zero-order chi connectivity index (χ0) is 12.0. The van der Waals surface area contributed by atoms with E-state index in [4.69, 9.17) is 0 Å². The van der Waals surface area contributed by atoms with Crippen LogP contribution in [0.15, 0.2) is 22.7 Å². The van der Waals surface area contributed by atoms with Crippen LogP contribution in [0.1, 0.15) is 38.7 Å². The van der Waals surface area contributed by atoms with Crippen molar-refractivity contribution >= 4 is 21.6 Å². The van der Waals surface area contributed by atoms with E-state index in [2.05, 4.69) is 52.9 Å². The van der Waals surface area contributed by atoms with E-state index >= 15 is 0 Å². The molecule has 0 unspecified atom stereocenters. The first-order chi connectivity index (χ1) is 8.06. The predicted molar refractivity (Wildman–Crippen MR) is 76.7 cm³/mol. The van der Waals surface area contributed by atoms with Crippen LogP contribution in [0, 0.1) is 5.92 Å². The van der Waals surface area contributed by atoms with E-state index in [9.17, 15) is 0 Å². The Labute approximate surface area is 112 Å². The van der Waals surface area contributed by atoms with E-state index in [-0.39, 0.29) is 0 Å². The van der Waals surface area contributed by atoms with Gasteiger partial charge in [0.1, 0.15) is 0 Å². The van der Waals surface area contributed by atoms with Gasteiger partial charge in [-0.2, -0.15) is 0 Å². The maximum Gasteiger partial charge on any atom is 0.0416 e. The van der Waals surface area contributed by atoms with Crippen LogP contribution in [0.5, 0.6) is 0 Å². The van der Waals surface area contributed by atoms with Crippen molar-refractivity contribution in [2.45, 2.75) is 38.5 Å². The maximum atomic E-state index is 3.60. The summed E-state index contributed by atoms with van der Waals surface area (Å²) in [5.41, 5.74) is 3.27. The van der Waals surface area contributed by atoms with Gasteiger partial charge in [-0.05, 0) is 36.5 Å². The van der Waals surface area contributed by atoms with Crippen molar-refractivity contribution in [3.63, 3.8) is 0 Å². The number of hydrogen-bond donors (Lipinski definition) is 0. The number of anilines is 1. The van der Waals surface area contributed by atoms with Crippen LogP contribution < -0.4 is 4.90 Å². The van der Waals surface area contributed by atoms with Crippen molar-refractivity contribution in [1.82, 2.24) is 0 Å². The molecule has 1 saturated carbocycles. The van der Waals surface area contributed by atoms with E-state index in [0.717, 1.165) is 5.92 Å². The molecule has 0 radical (unpaired) electrons. The van der Waals surface area contributed by atoms with E-state index in [1.54, 1.807) is 0 Å². The number of halogens is 1. The predicted octanol–water partition coefficient (Wildman–Crippen LogP) is 4.35. The molecule has 0 N–H and O–H groups in total. The summed E-state index contributed by atoms with van der Waals surface area (Å²) in [7, 11) is 0. The second-order valence-electron chi connectivity index (χ2n) is 6.22. The SMILES string of the molecule is CC1(C)CN(CC2CCC2)c2cc(Br)ccc21. The topological polar surface area (TPSA) is 3.24 Å². The van der Waals surface area contributed by atoms with Crippen molar-refractivity contribution in [1.29, 1.82) is 0 Å². The average Bonchev–Trinajstić information content (AvgIpc) is 2.44. The quantitative estimate of drug-likeness (QED) is 0.784. The van der Waals surface area contributed by atoms with Gasteiger partial charge in [-0.15, -0.1) is 0 Å². The highest BCUT2D eigenvalue weighted by molar-refractivity contribution is 9.10. The van der Waals surface area contributed by atoms with Crippen LogP contribution in [0.3, 0.4) is 0 Å². The van der Waals surface area contributed by atoms with Crippen molar-refractivity contribution in [3.05, 3.63) is 28.2 Å². The Hall–Kier alpha value is -0.500. The molecule has 0 saturated heterocycles. The lowest BCUT2D eigenvalue weighted by Gasteiger charge is -2.32. The standard InChI is InChI=1S/C15H20BrN/c1-15(2)10-17(9-11-4-3-5-11)14-8-12(16)6-7-13(14)15/h6-8,11H,3-5,9-10H2,1-2H3. The number of benzene rings is 1. The van der Waals surface area contributed by atoms with Crippen LogP contribution in [-0.2, 0) is 5.41 Å². The van der Waals surface area contributed by atoms with E-state index in [0.29, 0.717) is 5.41 Å². The highest BCUT2D eigenvalue weighted by Crippen LogP contribution is 2.43. The van der Waals surface area contributed by atoms with Gasteiger partial charge >= 0.3 is 0 Å². The summed E-state index contributed by atoms with van der Waals surface area (Å²) in [5.74, 6) is 0.940. The van der Waals surface area contributed by atoms with Crippen LogP contribution in [0.4, 0.5) is 5.69 Å². The molecule has 0 atom stereocenters. The fourth-order valence-corrected chi connectivity index (χ4v) is 3.49. The minimum absolute atomic E-state index is 0.305. The van der Waals surface area contributed by atoms with Gasteiger partial charge in [-0.3, -0.25) is 0 Å². The summed E-state index contributed by atoms with van der Waals surface area (Å²) in [6, 6.07) is 6.76. The summed E-state index contributed by atoms with van der Waals surface area (Å²) in [6.07, 6.45) is 4.30. The molecule has 1 fully saturated rings. The fourth-order valence-electron chi connectivity index (χ4n) is 3.14. The third kappa shape index (κ3) is 2.01. The van der Waals surface area contributed by atoms with Crippen LogP contribution in [0.2, 0.25) is 0 Å². The van der Waals surface area contributed by atoms with Gasteiger partial charge in [0.15, 0.2) is 0 Å². The Bertz CT molecular complexity index is 435. The minimum atomic E-state index is 0.305. The van der Waals surface area contributed by atoms with E-state index < -0.39 is 0 Å². The van der Waals surface area contributed by atoms with Gasteiger partial charge in [-0.25, -0.2) is 0 Å². The van der Waals surface area contributed by atoms with Crippen LogP contribution >= 0.6 is 15.9 Å². The molecule has 0 bridgehead atoms. The number of hydrogen-bond acceptors (Lipinski definition) is 1. The molecule has 1 aliphatic heterocycles.